The molecule has 0 bridgehead atoms. The highest BCUT2D eigenvalue weighted by Crippen LogP contribution is 2.18. The Hall–Kier alpha value is -2.15. The van der Waals surface area contributed by atoms with Gasteiger partial charge >= 0.3 is 6.03 Å². The van der Waals surface area contributed by atoms with Gasteiger partial charge in [-0.05, 0) is 30.7 Å². The lowest BCUT2D eigenvalue weighted by atomic mass is 10.2. The normalized spacial score (nSPS) is 18.2. The monoisotopic (exact) mass is 309 g/mol. The molecule has 1 aromatic rings. The van der Waals surface area contributed by atoms with Crippen LogP contribution in [0.3, 0.4) is 0 Å². The molecule has 7 heteroatoms. The lowest BCUT2D eigenvalue weighted by molar-refractivity contribution is -0.129. The number of nitrogens with one attached hydrogen (secondary N) is 2. The van der Waals surface area contributed by atoms with Gasteiger partial charge in [-0.3, -0.25) is 4.79 Å². The van der Waals surface area contributed by atoms with Crippen molar-refractivity contribution >= 4 is 17.6 Å². The molecule has 0 aromatic heterocycles. The van der Waals surface area contributed by atoms with Crippen LogP contribution in [-0.4, -0.2) is 44.3 Å². The molecule has 22 heavy (non-hydrogen) atoms. The summed E-state index contributed by atoms with van der Waals surface area (Å²) >= 11 is 0. The van der Waals surface area contributed by atoms with Gasteiger partial charge < -0.3 is 20.3 Å². The lowest BCUT2D eigenvalue weighted by Crippen LogP contribution is -2.51. The Labute approximate surface area is 128 Å². The van der Waals surface area contributed by atoms with Gasteiger partial charge in [0.25, 0.3) is 5.91 Å². The first kappa shape index (κ1) is 16.2. The maximum Gasteiger partial charge on any atom is 0.314 e. The van der Waals surface area contributed by atoms with Gasteiger partial charge in [0.05, 0.1) is 12.6 Å². The molecule has 1 heterocycles. The fourth-order valence-corrected chi connectivity index (χ4v) is 2.13. The summed E-state index contributed by atoms with van der Waals surface area (Å²) in [6.45, 7) is 3.15. The summed E-state index contributed by atoms with van der Waals surface area (Å²) in [6, 6.07) is 5.47. The van der Waals surface area contributed by atoms with Crippen molar-refractivity contribution in [3.05, 3.63) is 30.1 Å². The highest BCUT2D eigenvalue weighted by atomic mass is 19.1. The minimum absolute atomic E-state index is 0.0553. The molecule has 2 rings (SSSR count). The van der Waals surface area contributed by atoms with E-state index in [9.17, 15) is 14.0 Å². The Bertz CT molecular complexity index is 521. The SMILES string of the molecule is CCCNC(=O)NCC1CN(c2ccc(F)cc2)C(=O)CO1. The summed E-state index contributed by atoms with van der Waals surface area (Å²) < 4.78 is 18.4. The maximum absolute atomic E-state index is 13.0. The summed E-state index contributed by atoms with van der Waals surface area (Å²) in [4.78, 5) is 25.0. The number of rotatable bonds is 5. The third-order valence-electron chi connectivity index (χ3n) is 3.29. The van der Waals surface area contributed by atoms with Crippen LogP contribution < -0.4 is 15.5 Å². The number of benzene rings is 1. The number of ether oxygens (including phenoxy) is 1. The van der Waals surface area contributed by atoms with Crippen LogP contribution in [0.2, 0.25) is 0 Å². The van der Waals surface area contributed by atoms with Crippen molar-refractivity contribution in [2.24, 2.45) is 0 Å². The van der Waals surface area contributed by atoms with E-state index in [0.29, 0.717) is 25.3 Å². The van der Waals surface area contributed by atoms with Crippen LogP contribution in [-0.2, 0) is 9.53 Å². The quantitative estimate of drug-likeness (QED) is 0.860. The largest absolute Gasteiger partial charge is 0.365 e. The molecular weight excluding hydrogens is 289 g/mol. The van der Waals surface area contributed by atoms with Gasteiger partial charge in [0.15, 0.2) is 0 Å². The second-order valence-corrected chi connectivity index (χ2v) is 5.05. The molecule has 6 nitrogen and oxygen atoms in total. The molecule has 1 unspecified atom stereocenters. The second-order valence-electron chi connectivity index (χ2n) is 5.05. The van der Waals surface area contributed by atoms with Crippen molar-refractivity contribution in [1.82, 2.24) is 10.6 Å². The zero-order chi connectivity index (χ0) is 15.9. The Morgan fingerprint density at radius 1 is 1.36 bits per heavy atom. The summed E-state index contributed by atoms with van der Waals surface area (Å²) in [6.07, 6.45) is 0.565. The minimum atomic E-state index is -0.352. The molecule has 1 saturated heterocycles. The Balaban J connectivity index is 1.89. The molecule has 1 aromatic carbocycles. The topological polar surface area (TPSA) is 70.7 Å². The number of hydrogen-bond acceptors (Lipinski definition) is 3. The fourth-order valence-electron chi connectivity index (χ4n) is 2.13. The number of hydrogen-bond donors (Lipinski definition) is 2. The first-order valence-electron chi connectivity index (χ1n) is 7.29. The predicted octanol–water partition coefficient (Wildman–Crippen LogP) is 1.27. The molecule has 3 amide bonds. The lowest BCUT2D eigenvalue weighted by Gasteiger charge is -2.32. The van der Waals surface area contributed by atoms with Crippen LogP contribution in [0.15, 0.2) is 24.3 Å². The summed E-state index contributed by atoms with van der Waals surface area (Å²) in [5.74, 6) is -0.534. The molecule has 0 aliphatic carbocycles. The zero-order valence-corrected chi connectivity index (χ0v) is 12.5. The zero-order valence-electron chi connectivity index (χ0n) is 12.5. The Morgan fingerprint density at radius 2 is 2.09 bits per heavy atom. The predicted molar refractivity (Wildman–Crippen MR) is 80.2 cm³/mol. The molecule has 1 aliphatic rings. The van der Waals surface area contributed by atoms with Crippen LogP contribution in [0.4, 0.5) is 14.9 Å². The molecule has 0 saturated carbocycles. The van der Waals surface area contributed by atoms with Gasteiger partial charge in [0.1, 0.15) is 12.4 Å². The first-order chi connectivity index (χ1) is 10.6. The van der Waals surface area contributed by atoms with Crippen LogP contribution in [0.5, 0.6) is 0 Å². The van der Waals surface area contributed by atoms with Crippen molar-refractivity contribution in [1.29, 1.82) is 0 Å². The van der Waals surface area contributed by atoms with Crippen molar-refractivity contribution < 1.29 is 18.7 Å². The van der Waals surface area contributed by atoms with Crippen LogP contribution in [0.25, 0.3) is 0 Å². The van der Waals surface area contributed by atoms with Gasteiger partial charge in [0.2, 0.25) is 0 Å². The first-order valence-corrected chi connectivity index (χ1v) is 7.29. The Morgan fingerprint density at radius 3 is 2.77 bits per heavy atom. The van der Waals surface area contributed by atoms with E-state index in [1.165, 1.54) is 12.1 Å². The number of carbonyl (C=O) groups is 2. The molecular formula is C15H20FN3O3. The molecule has 1 atom stereocenters. The third kappa shape index (κ3) is 4.42. The van der Waals surface area contributed by atoms with E-state index < -0.39 is 0 Å². The number of nitrogens with zero attached hydrogens (tertiary/aromatic N) is 1. The smallest absolute Gasteiger partial charge is 0.314 e. The van der Waals surface area contributed by atoms with E-state index in [0.717, 1.165) is 6.42 Å². The van der Waals surface area contributed by atoms with Crippen LogP contribution >= 0.6 is 0 Å². The number of carbonyl (C=O) groups excluding carboxylic acids is 2. The summed E-state index contributed by atoms with van der Waals surface area (Å²) in [5, 5.41) is 5.41. The van der Waals surface area contributed by atoms with E-state index in [4.69, 9.17) is 4.74 Å². The van der Waals surface area contributed by atoms with E-state index in [-0.39, 0.29) is 30.5 Å². The van der Waals surface area contributed by atoms with E-state index in [1.807, 2.05) is 6.92 Å². The molecule has 1 fully saturated rings. The third-order valence-corrected chi connectivity index (χ3v) is 3.29. The van der Waals surface area contributed by atoms with Crippen LogP contribution in [0, 0.1) is 5.82 Å². The number of amides is 3. The Kier molecular flexibility index (Phi) is 5.71. The highest BCUT2D eigenvalue weighted by molar-refractivity contribution is 5.95. The fraction of sp³-hybridized carbons (Fsp3) is 0.467. The average molecular weight is 309 g/mol. The number of halogens is 1. The molecule has 0 radical (unpaired) electrons. The van der Waals surface area contributed by atoms with E-state index >= 15 is 0 Å². The molecule has 2 N–H and O–H groups in total. The van der Waals surface area contributed by atoms with Crippen molar-refractivity contribution in [3.8, 4) is 0 Å². The van der Waals surface area contributed by atoms with Crippen molar-refractivity contribution in [3.63, 3.8) is 0 Å². The minimum Gasteiger partial charge on any atom is -0.365 e. The van der Waals surface area contributed by atoms with Gasteiger partial charge in [-0.15, -0.1) is 0 Å². The van der Waals surface area contributed by atoms with Crippen LogP contribution in [0.1, 0.15) is 13.3 Å². The standard InChI is InChI=1S/C15H20FN3O3/c1-2-7-17-15(21)18-8-13-9-19(14(20)10-22-13)12-5-3-11(16)4-6-12/h3-6,13H,2,7-10H2,1H3,(H2,17,18,21). The molecule has 0 spiro atoms. The summed E-state index contributed by atoms with van der Waals surface area (Å²) in [5.41, 5.74) is 0.620. The molecule has 120 valence electrons. The summed E-state index contributed by atoms with van der Waals surface area (Å²) in [7, 11) is 0. The van der Waals surface area contributed by atoms with E-state index in [1.54, 1.807) is 17.0 Å². The van der Waals surface area contributed by atoms with Gasteiger partial charge in [0, 0.05) is 18.8 Å². The average Bonchev–Trinajstić information content (AvgIpc) is 2.53. The van der Waals surface area contributed by atoms with Crippen molar-refractivity contribution in [2.45, 2.75) is 19.4 Å². The molecule has 1 aliphatic heterocycles. The van der Waals surface area contributed by atoms with Gasteiger partial charge in [-0.2, -0.15) is 0 Å². The number of morpholine rings is 1. The highest BCUT2D eigenvalue weighted by Gasteiger charge is 2.27. The second kappa shape index (κ2) is 7.74. The van der Waals surface area contributed by atoms with Crippen molar-refractivity contribution in [2.75, 3.05) is 31.1 Å². The van der Waals surface area contributed by atoms with Gasteiger partial charge in [-0.1, -0.05) is 6.92 Å². The number of anilines is 1. The van der Waals surface area contributed by atoms with E-state index in [2.05, 4.69) is 10.6 Å². The maximum atomic E-state index is 13.0. The number of urea groups is 1. The van der Waals surface area contributed by atoms with Gasteiger partial charge in [-0.25, -0.2) is 9.18 Å².